The van der Waals surface area contributed by atoms with Gasteiger partial charge >= 0.3 is 12.5 Å². The molecule has 2 aromatic carbocycles. The number of rotatable bonds is 4. The maximum absolute atomic E-state index is 13.8. The first-order chi connectivity index (χ1) is 14.0. The minimum Gasteiger partial charge on any atom is -0.506 e. The van der Waals surface area contributed by atoms with E-state index >= 15 is 0 Å². The Morgan fingerprint density at radius 1 is 0.938 bits per heavy atom. The van der Waals surface area contributed by atoms with Crippen molar-refractivity contribution in [3.63, 3.8) is 0 Å². The van der Waals surface area contributed by atoms with Gasteiger partial charge in [0.1, 0.15) is 11.5 Å². The summed E-state index contributed by atoms with van der Waals surface area (Å²) in [6.45, 7) is 1.80. The lowest BCUT2D eigenvalue weighted by Crippen LogP contribution is -2.45. The zero-order valence-corrected chi connectivity index (χ0v) is 19.4. The summed E-state index contributed by atoms with van der Waals surface area (Å²) in [5.41, 5.74) is -1.07. The first kappa shape index (κ1) is 28.6. The molecule has 13 heteroatoms. The number of piperazine rings is 1. The Balaban J connectivity index is 0.00000256. The number of alkyl halides is 6. The van der Waals surface area contributed by atoms with Gasteiger partial charge in [-0.25, -0.2) is 0 Å². The number of nitrogens with one attached hydrogen (secondary N) is 1. The van der Waals surface area contributed by atoms with Crippen molar-refractivity contribution in [3.05, 3.63) is 57.6 Å². The zero-order valence-electron chi connectivity index (χ0n) is 16.1. The molecule has 32 heavy (non-hydrogen) atoms. The molecule has 3 rings (SSSR count). The highest BCUT2D eigenvalue weighted by Crippen LogP contribution is 2.46. The van der Waals surface area contributed by atoms with Gasteiger partial charge in [0.15, 0.2) is 0 Å². The van der Waals surface area contributed by atoms with Gasteiger partial charge in [-0.1, -0.05) is 12.1 Å². The van der Waals surface area contributed by atoms with Gasteiger partial charge < -0.3 is 15.2 Å². The van der Waals surface area contributed by atoms with E-state index in [0.717, 1.165) is 24.3 Å². The molecule has 180 valence electrons. The SMILES string of the molecule is Cl.Cl.Oc1c(Br)ccc(C(F)(F)F)c1[C@H](c1ccc(OC(F)(F)F)cc1)N1CCNCC1. The van der Waals surface area contributed by atoms with E-state index in [1.54, 1.807) is 4.90 Å². The summed E-state index contributed by atoms with van der Waals surface area (Å²) in [4.78, 5) is 1.74. The van der Waals surface area contributed by atoms with Crippen LogP contribution in [0.3, 0.4) is 0 Å². The molecule has 2 N–H and O–H groups in total. The highest BCUT2D eigenvalue weighted by atomic mass is 79.9. The minimum absolute atomic E-state index is 0. The van der Waals surface area contributed by atoms with Gasteiger partial charge in [0.25, 0.3) is 0 Å². The van der Waals surface area contributed by atoms with E-state index in [4.69, 9.17) is 0 Å². The van der Waals surface area contributed by atoms with Crippen LogP contribution < -0.4 is 10.1 Å². The number of ether oxygens (including phenoxy) is 1. The number of benzene rings is 2. The van der Waals surface area contributed by atoms with Crippen LogP contribution in [0.1, 0.15) is 22.7 Å². The number of phenolic OH excluding ortho intramolecular Hbond substituents is 1. The van der Waals surface area contributed by atoms with Crippen molar-refractivity contribution in [2.45, 2.75) is 18.6 Å². The normalized spacial score (nSPS) is 16.0. The lowest BCUT2D eigenvalue weighted by Gasteiger charge is -2.37. The third kappa shape index (κ3) is 6.80. The topological polar surface area (TPSA) is 44.7 Å². The van der Waals surface area contributed by atoms with Crippen LogP contribution >= 0.6 is 40.7 Å². The Morgan fingerprint density at radius 3 is 2.00 bits per heavy atom. The van der Waals surface area contributed by atoms with E-state index in [1.165, 1.54) is 12.1 Å². The molecule has 1 saturated heterocycles. The van der Waals surface area contributed by atoms with Gasteiger partial charge in [-0.2, -0.15) is 13.2 Å². The number of hydrogen-bond donors (Lipinski definition) is 2. The van der Waals surface area contributed by atoms with Crippen molar-refractivity contribution in [3.8, 4) is 11.5 Å². The first-order valence-corrected chi connectivity index (χ1v) is 9.65. The quantitative estimate of drug-likeness (QED) is 0.448. The Hall–Kier alpha value is -1.40. The summed E-state index contributed by atoms with van der Waals surface area (Å²) in [5, 5.41) is 13.6. The number of hydrogen-bond acceptors (Lipinski definition) is 4. The van der Waals surface area contributed by atoms with E-state index in [1.807, 2.05) is 0 Å². The third-order valence-corrected chi connectivity index (χ3v) is 5.33. The second kappa shape index (κ2) is 11.1. The van der Waals surface area contributed by atoms with Crippen molar-refractivity contribution in [1.82, 2.24) is 10.2 Å². The Bertz CT molecular complexity index is 891. The Morgan fingerprint density at radius 2 is 1.50 bits per heavy atom. The third-order valence-electron chi connectivity index (χ3n) is 4.69. The van der Waals surface area contributed by atoms with E-state index in [2.05, 4.69) is 26.0 Å². The monoisotopic (exact) mass is 570 g/mol. The summed E-state index contributed by atoms with van der Waals surface area (Å²) < 4.78 is 82.5. The van der Waals surface area contributed by atoms with Crippen molar-refractivity contribution in [2.75, 3.05) is 26.2 Å². The molecular formula is C19H19BrCl2F6N2O2. The molecule has 0 aliphatic carbocycles. The molecule has 0 radical (unpaired) electrons. The molecule has 0 saturated carbocycles. The van der Waals surface area contributed by atoms with Gasteiger partial charge in [-0.3, -0.25) is 4.90 Å². The molecule has 1 fully saturated rings. The Kier molecular flexibility index (Phi) is 9.98. The molecule has 1 aliphatic rings. The molecule has 0 amide bonds. The second-order valence-corrected chi connectivity index (χ2v) is 7.51. The molecule has 0 unspecified atom stereocenters. The molecule has 2 aromatic rings. The Labute approximate surface area is 200 Å². The van der Waals surface area contributed by atoms with Crippen LogP contribution in [-0.4, -0.2) is 42.5 Å². The van der Waals surface area contributed by atoms with Crippen LogP contribution in [0, 0.1) is 0 Å². The second-order valence-electron chi connectivity index (χ2n) is 6.66. The number of phenols is 1. The van der Waals surface area contributed by atoms with Gasteiger partial charge in [0.2, 0.25) is 0 Å². The fourth-order valence-electron chi connectivity index (χ4n) is 3.46. The molecule has 1 atom stereocenters. The molecule has 1 aliphatic heterocycles. The predicted octanol–water partition coefficient (Wildman–Crippen LogP) is 5.91. The van der Waals surface area contributed by atoms with E-state index in [-0.39, 0.29) is 34.9 Å². The largest absolute Gasteiger partial charge is 0.573 e. The average molecular weight is 572 g/mol. The number of aromatic hydroxyl groups is 1. The molecule has 0 spiro atoms. The summed E-state index contributed by atoms with van der Waals surface area (Å²) in [6, 6.07) is 5.58. The van der Waals surface area contributed by atoms with E-state index in [0.29, 0.717) is 31.7 Å². The zero-order chi connectivity index (χ0) is 22.1. The maximum atomic E-state index is 13.8. The lowest BCUT2D eigenvalue weighted by atomic mass is 9.91. The summed E-state index contributed by atoms with van der Waals surface area (Å²) in [6.07, 6.45) is -9.62. The van der Waals surface area contributed by atoms with Crippen LogP contribution in [-0.2, 0) is 6.18 Å². The van der Waals surface area contributed by atoms with Crippen molar-refractivity contribution < 1.29 is 36.2 Å². The van der Waals surface area contributed by atoms with Crippen LogP contribution in [0.25, 0.3) is 0 Å². The fraction of sp³-hybridized carbons (Fsp3) is 0.368. The number of halogens is 9. The fourth-order valence-corrected chi connectivity index (χ4v) is 3.80. The number of nitrogens with zero attached hydrogens (tertiary/aromatic N) is 1. The molecule has 0 aromatic heterocycles. The molecule has 4 nitrogen and oxygen atoms in total. The van der Waals surface area contributed by atoms with Crippen molar-refractivity contribution in [1.29, 1.82) is 0 Å². The minimum atomic E-state index is -4.88. The van der Waals surface area contributed by atoms with E-state index in [9.17, 15) is 31.4 Å². The van der Waals surface area contributed by atoms with Crippen LogP contribution in [0.5, 0.6) is 11.5 Å². The van der Waals surface area contributed by atoms with Crippen LogP contribution in [0.4, 0.5) is 26.3 Å². The summed E-state index contributed by atoms with van der Waals surface area (Å²) >= 11 is 3.06. The van der Waals surface area contributed by atoms with Crippen molar-refractivity contribution in [2.24, 2.45) is 0 Å². The van der Waals surface area contributed by atoms with Crippen molar-refractivity contribution >= 4 is 40.7 Å². The van der Waals surface area contributed by atoms with Gasteiger partial charge in [-0.15, -0.1) is 38.0 Å². The van der Waals surface area contributed by atoms with Crippen LogP contribution in [0.15, 0.2) is 40.9 Å². The summed E-state index contributed by atoms with van der Waals surface area (Å²) in [5.74, 6) is -1.05. The van der Waals surface area contributed by atoms with Gasteiger partial charge in [0.05, 0.1) is 16.1 Å². The highest BCUT2D eigenvalue weighted by molar-refractivity contribution is 9.10. The predicted molar refractivity (Wildman–Crippen MR) is 115 cm³/mol. The summed E-state index contributed by atoms with van der Waals surface area (Å²) in [7, 11) is 0. The van der Waals surface area contributed by atoms with Crippen LogP contribution in [0.2, 0.25) is 0 Å². The standard InChI is InChI=1S/C19H17BrF6N2O2.2ClH/c20-14-6-5-13(18(21,22)23)15(17(14)29)16(28-9-7-27-8-10-28)11-1-3-12(4-2-11)30-19(24,25)26;;/h1-6,16,27,29H,7-10H2;2*1H/t16-;;/m0../s1. The molecular weight excluding hydrogens is 553 g/mol. The molecule has 1 heterocycles. The maximum Gasteiger partial charge on any atom is 0.573 e. The molecule has 0 bridgehead atoms. The van der Waals surface area contributed by atoms with E-state index < -0.39 is 35.6 Å². The highest BCUT2D eigenvalue weighted by Gasteiger charge is 2.40. The lowest BCUT2D eigenvalue weighted by molar-refractivity contribution is -0.274. The average Bonchev–Trinajstić information content (AvgIpc) is 2.65. The first-order valence-electron chi connectivity index (χ1n) is 8.86. The van der Waals surface area contributed by atoms with Gasteiger partial charge in [-0.05, 0) is 45.8 Å². The van der Waals surface area contributed by atoms with Gasteiger partial charge in [0, 0.05) is 31.7 Å². The smallest absolute Gasteiger partial charge is 0.506 e.